The molecule has 0 spiro atoms. The zero-order valence-electron chi connectivity index (χ0n) is 10.9. The van der Waals surface area contributed by atoms with E-state index in [1.165, 1.54) is 0 Å². The molecule has 5 nitrogen and oxygen atoms in total. The molecular formula is C14H18N4O. The summed E-state index contributed by atoms with van der Waals surface area (Å²) in [7, 11) is 2.07. The number of nitrogens with two attached hydrogens (primary N) is 1. The summed E-state index contributed by atoms with van der Waals surface area (Å²) in [5.41, 5.74) is 7.97. The standard InChI is InChI=1S/C14H18N4O/c1-18-5-4-11(8-18)16-14(19)13-7-9-6-10(15)2-3-12(9)17-13/h2-3,6-7,11,17H,4-5,8,15H2,1H3,(H,16,19). The Bertz CT molecular complexity index is 619. The number of nitrogens with zero attached hydrogens (tertiary/aromatic N) is 1. The van der Waals surface area contributed by atoms with Crippen molar-refractivity contribution in [2.45, 2.75) is 12.5 Å². The number of carbonyl (C=O) groups is 1. The third-order valence-electron chi connectivity index (χ3n) is 3.62. The van der Waals surface area contributed by atoms with Crippen LogP contribution in [0.3, 0.4) is 0 Å². The van der Waals surface area contributed by atoms with Gasteiger partial charge in [-0.2, -0.15) is 0 Å². The Hall–Kier alpha value is -2.01. The van der Waals surface area contributed by atoms with Gasteiger partial charge in [0.15, 0.2) is 0 Å². The minimum Gasteiger partial charge on any atom is -0.399 e. The maximum atomic E-state index is 12.2. The summed E-state index contributed by atoms with van der Waals surface area (Å²) < 4.78 is 0. The lowest BCUT2D eigenvalue weighted by Gasteiger charge is -2.11. The first-order valence-corrected chi connectivity index (χ1v) is 6.49. The molecular weight excluding hydrogens is 240 g/mol. The number of benzene rings is 1. The first-order valence-electron chi connectivity index (χ1n) is 6.49. The highest BCUT2D eigenvalue weighted by Crippen LogP contribution is 2.18. The summed E-state index contributed by atoms with van der Waals surface area (Å²) in [6, 6.07) is 7.68. The second kappa shape index (κ2) is 4.59. The predicted octanol–water partition coefficient (Wildman–Crippen LogP) is 1.18. The fourth-order valence-corrected chi connectivity index (χ4v) is 2.59. The average Bonchev–Trinajstić information content (AvgIpc) is 2.95. The van der Waals surface area contributed by atoms with Crippen LogP contribution in [0.25, 0.3) is 10.9 Å². The van der Waals surface area contributed by atoms with Gasteiger partial charge in [0.25, 0.3) is 5.91 Å². The fourth-order valence-electron chi connectivity index (χ4n) is 2.59. The Kier molecular flexibility index (Phi) is 2.91. The molecule has 1 fully saturated rings. The van der Waals surface area contributed by atoms with Gasteiger partial charge in [0, 0.05) is 29.2 Å². The molecule has 1 unspecified atom stereocenters. The fraction of sp³-hybridized carbons (Fsp3) is 0.357. The number of fused-ring (bicyclic) bond motifs is 1. The van der Waals surface area contributed by atoms with Gasteiger partial charge in [0.05, 0.1) is 0 Å². The van der Waals surface area contributed by atoms with Crippen molar-refractivity contribution < 1.29 is 4.79 Å². The third-order valence-corrected chi connectivity index (χ3v) is 3.62. The van der Waals surface area contributed by atoms with Crippen molar-refractivity contribution in [2.24, 2.45) is 0 Å². The highest BCUT2D eigenvalue weighted by molar-refractivity contribution is 5.98. The number of aromatic amines is 1. The molecule has 19 heavy (non-hydrogen) atoms. The summed E-state index contributed by atoms with van der Waals surface area (Å²) in [4.78, 5) is 17.5. The van der Waals surface area contributed by atoms with E-state index in [1.807, 2.05) is 24.3 Å². The quantitative estimate of drug-likeness (QED) is 0.708. The average molecular weight is 258 g/mol. The smallest absolute Gasteiger partial charge is 0.267 e. The van der Waals surface area contributed by atoms with E-state index in [-0.39, 0.29) is 11.9 Å². The molecule has 3 rings (SSSR count). The van der Waals surface area contributed by atoms with Crippen molar-refractivity contribution >= 4 is 22.5 Å². The van der Waals surface area contributed by atoms with Crippen molar-refractivity contribution in [3.8, 4) is 0 Å². The number of H-pyrrole nitrogens is 1. The molecule has 4 N–H and O–H groups in total. The number of nitrogens with one attached hydrogen (secondary N) is 2. The van der Waals surface area contributed by atoms with Crippen molar-refractivity contribution in [2.75, 3.05) is 25.9 Å². The second-order valence-corrected chi connectivity index (χ2v) is 5.25. The van der Waals surface area contributed by atoms with E-state index in [1.54, 1.807) is 0 Å². The van der Waals surface area contributed by atoms with Crippen LogP contribution in [0, 0.1) is 0 Å². The Morgan fingerprint density at radius 2 is 2.32 bits per heavy atom. The van der Waals surface area contributed by atoms with Crippen molar-refractivity contribution in [3.05, 3.63) is 30.0 Å². The normalized spacial score (nSPS) is 19.9. The maximum absolute atomic E-state index is 12.2. The van der Waals surface area contributed by atoms with Crippen LogP contribution in [0.2, 0.25) is 0 Å². The molecule has 1 amide bonds. The van der Waals surface area contributed by atoms with Crippen LogP contribution in [0.1, 0.15) is 16.9 Å². The molecule has 1 aliphatic heterocycles. The minimum atomic E-state index is -0.0462. The molecule has 2 aromatic rings. The number of hydrogen-bond acceptors (Lipinski definition) is 3. The second-order valence-electron chi connectivity index (χ2n) is 5.25. The van der Waals surface area contributed by atoms with E-state index in [9.17, 15) is 4.79 Å². The van der Waals surface area contributed by atoms with Crippen LogP contribution in [0.15, 0.2) is 24.3 Å². The van der Waals surface area contributed by atoms with E-state index in [4.69, 9.17) is 5.73 Å². The van der Waals surface area contributed by atoms with Crippen molar-refractivity contribution in [1.82, 2.24) is 15.2 Å². The van der Waals surface area contributed by atoms with Crippen LogP contribution in [-0.4, -0.2) is 42.0 Å². The SMILES string of the molecule is CN1CCC(NC(=O)c2cc3cc(N)ccc3[nH]2)C1. The van der Waals surface area contributed by atoms with Crippen molar-refractivity contribution in [3.63, 3.8) is 0 Å². The molecule has 0 radical (unpaired) electrons. The van der Waals surface area contributed by atoms with Gasteiger partial charge in [-0.05, 0) is 44.3 Å². The Labute approximate surface area is 111 Å². The molecule has 100 valence electrons. The molecule has 2 heterocycles. The summed E-state index contributed by atoms with van der Waals surface area (Å²) in [6.07, 6.45) is 1.01. The number of amides is 1. The number of likely N-dealkylation sites (tertiary alicyclic amines) is 1. The van der Waals surface area contributed by atoms with Crippen LogP contribution in [-0.2, 0) is 0 Å². The molecule has 1 atom stereocenters. The summed E-state index contributed by atoms with van der Waals surface area (Å²) in [6.45, 7) is 1.95. The van der Waals surface area contributed by atoms with Crippen LogP contribution in [0.5, 0.6) is 0 Å². The lowest BCUT2D eigenvalue weighted by atomic mass is 10.2. The number of hydrogen-bond donors (Lipinski definition) is 3. The van der Waals surface area contributed by atoms with E-state index in [2.05, 4.69) is 22.2 Å². The molecule has 5 heteroatoms. The van der Waals surface area contributed by atoms with Gasteiger partial charge in [0.1, 0.15) is 5.69 Å². The largest absolute Gasteiger partial charge is 0.399 e. The van der Waals surface area contributed by atoms with Gasteiger partial charge in [0.2, 0.25) is 0 Å². The summed E-state index contributed by atoms with van der Waals surface area (Å²) >= 11 is 0. The van der Waals surface area contributed by atoms with Gasteiger partial charge in [-0.3, -0.25) is 4.79 Å². The van der Waals surface area contributed by atoms with Gasteiger partial charge in [-0.15, -0.1) is 0 Å². The number of aromatic nitrogens is 1. The van der Waals surface area contributed by atoms with Gasteiger partial charge < -0.3 is 20.9 Å². The Morgan fingerprint density at radius 3 is 3.05 bits per heavy atom. The molecule has 0 bridgehead atoms. The topological polar surface area (TPSA) is 74.2 Å². The van der Waals surface area contributed by atoms with Crippen LogP contribution >= 0.6 is 0 Å². The van der Waals surface area contributed by atoms with E-state index >= 15 is 0 Å². The zero-order valence-corrected chi connectivity index (χ0v) is 10.9. The number of carbonyl (C=O) groups excluding carboxylic acids is 1. The zero-order chi connectivity index (χ0) is 13.4. The Morgan fingerprint density at radius 1 is 1.47 bits per heavy atom. The summed E-state index contributed by atoms with van der Waals surface area (Å²) in [5, 5.41) is 4.02. The highest BCUT2D eigenvalue weighted by atomic mass is 16.1. The van der Waals surface area contributed by atoms with E-state index < -0.39 is 0 Å². The van der Waals surface area contributed by atoms with E-state index in [0.717, 1.165) is 30.4 Å². The number of likely N-dealkylation sites (N-methyl/N-ethyl adjacent to an activating group) is 1. The highest BCUT2D eigenvalue weighted by Gasteiger charge is 2.22. The number of nitrogen functional groups attached to an aromatic ring is 1. The number of rotatable bonds is 2. The first-order chi connectivity index (χ1) is 9.11. The maximum Gasteiger partial charge on any atom is 0.267 e. The van der Waals surface area contributed by atoms with Gasteiger partial charge >= 0.3 is 0 Å². The molecule has 0 aliphatic carbocycles. The first kappa shape index (κ1) is 12.0. The molecule has 1 aromatic carbocycles. The van der Waals surface area contributed by atoms with Gasteiger partial charge in [-0.25, -0.2) is 0 Å². The molecule has 1 aliphatic rings. The Balaban J connectivity index is 1.78. The lowest BCUT2D eigenvalue weighted by Crippen LogP contribution is -2.36. The molecule has 0 saturated carbocycles. The van der Waals surface area contributed by atoms with Crippen molar-refractivity contribution in [1.29, 1.82) is 0 Å². The monoisotopic (exact) mass is 258 g/mol. The minimum absolute atomic E-state index is 0.0462. The number of anilines is 1. The van der Waals surface area contributed by atoms with Crippen LogP contribution < -0.4 is 11.1 Å². The lowest BCUT2D eigenvalue weighted by molar-refractivity contribution is 0.0934. The molecule has 1 aromatic heterocycles. The van der Waals surface area contributed by atoms with Gasteiger partial charge in [-0.1, -0.05) is 0 Å². The third kappa shape index (κ3) is 2.42. The predicted molar refractivity (Wildman–Crippen MR) is 76.1 cm³/mol. The molecule has 1 saturated heterocycles. The van der Waals surface area contributed by atoms with E-state index in [0.29, 0.717) is 11.4 Å². The summed E-state index contributed by atoms with van der Waals surface area (Å²) in [5.74, 6) is -0.0462. The van der Waals surface area contributed by atoms with Crippen LogP contribution in [0.4, 0.5) is 5.69 Å².